The number of rotatable bonds is 8. The molecule has 8 heteroatoms. The maximum absolute atomic E-state index is 11.6. The van der Waals surface area contributed by atoms with Gasteiger partial charge in [-0.05, 0) is 36.4 Å². The van der Waals surface area contributed by atoms with E-state index in [-0.39, 0.29) is 10.5 Å². The minimum Gasteiger partial charge on any atom is -0.183 e. The summed E-state index contributed by atoms with van der Waals surface area (Å²) in [5.74, 6) is 0. The highest BCUT2D eigenvalue weighted by Gasteiger charge is 2.77. The third-order valence-electron chi connectivity index (χ3n) is 4.21. The molecule has 4 rings (SSSR count). The monoisotopic (exact) mass is 464 g/mol. The molecule has 1 fully saturated rings. The first kappa shape index (κ1) is 21.1. The average Bonchev–Trinajstić information content (AvgIpc) is 3.25. The van der Waals surface area contributed by atoms with Gasteiger partial charge in [-0.2, -0.15) is 14.0 Å². The van der Waals surface area contributed by atoms with Crippen molar-refractivity contribution >= 4 is 35.3 Å². The van der Waals surface area contributed by atoms with Crippen molar-refractivity contribution in [1.82, 2.24) is 0 Å². The molecule has 4 nitrogen and oxygen atoms in total. The number of thioether (sulfide) groups is 3. The molecule has 0 amide bonds. The summed E-state index contributed by atoms with van der Waals surface area (Å²) in [5.41, 5.74) is 0. The second kappa shape index (κ2) is 8.91. The first-order chi connectivity index (χ1) is 14.0. The zero-order valence-corrected chi connectivity index (χ0v) is 18.3. The lowest BCUT2D eigenvalue weighted by atomic mass is 10.4. The van der Waals surface area contributed by atoms with E-state index in [1.165, 1.54) is 35.3 Å². The topological polar surface area (TPSA) is 78.4 Å². The van der Waals surface area contributed by atoms with Crippen molar-refractivity contribution in [1.29, 1.82) is 0 Å². The highest BCUT2D eigenvalue weighted by molar-refractivity contribution is 8.09. The predicted molar refractivity (Wildman–Crippen MR) is 108 cm³/mol. The third kappa shape index (κ3) is 5.31. The van der Waals surface area contributed by atoms with Crippen molar-refractivity contribution in [2.24, 2.45) is 0 Å². The van der Waals surface area contributed by atoms with Crippen molar-refractivity contribution in [2.45, 2.75) is 30.1 Å². The van der Waals surface area contributed by atoms with Crippen LogP contribution in [0.25, 0.3) is 0 Å². The Morgan fingerprint density at radius 2 is 1.00 bits per heavy atom. The maximum atomic E-state index is 11.6. The Morgan fingerprint density at radius 3 is 1.38 bits per heavy atom. The van der Waals surface area contributed by atoms with E-state index in [4.69, 9.17) is 4.29 Å². The highest BCUT2D eigenvalue weighted by atomic mass is 35.7. The molecule has 0 heterocycles. The van der Waals surface area contributed by atoms with Gasteiger partial charge < -0.3 is 0 Å². The molecule has 29 heavy (non-hydrogen) atoms. The van der Waals surface area contributed by atoms with Gasteiger partial charge in [-0.25, -0.2) is 0 Å². The van der Waals surface area contributed by atoms with Gasteiger partial charge in [0.25, 0.3) is 4.93 Å². The molecule has 150 valence electrons. The number of halogens is 1. The fourth-order valence-corrected chi connectivity index (χ4v) is 8.55. The lowest BCUT2D eigenvalue weighted by molar-refractivity contribution is -1.92. The lowest BCUT2D eigenvalue weighted by Gasteiger charge is -2.19. The Labute approximate surface area is 184 Å². The molecular formula is C21H17ClO4S3. The van der Waals surface area contributed by atoms with Crippen LogP contribution in [0.2, 0.25) is 0 Å². The van der Waals surface area contributed by atoms with Crippen LogP contribution < -0.4 is 14.0 Å². The molecule has 0 aromatic heterocycles. The molecule has 0 N–H and O–H groups in total. The molecule has 3 aromatic rings. The fourth-order valence-electron chi connectivity index (χ4n) is 2.90. The lowest BCUT2D eigenvalue weighted by Crippen LogP contribution is -2.62. The first-order valence-corrected chi connectivity index (χ1v) is 12.6. The van der Waals surface area contributed by atoms with Gasteiger partial charge in [0.15, 0.2) is 0 Å². The Hall–Kier alpha value is -1.16. The van der Waals surface area contributed by atoms with Crippen LogP contribution in [0.5, 0.6) is 0 Å². The molecule has 1 aliphatic carbocycles. The van der Waals surface area contributed by atoms with Crippen LogP contribution in [0.15, 0.2) is 106 Å². The van der Waals surface area contributed by atoms with Crippen LogP contribution in [0.3, 0.4) is 0 Å². The van der Waals surface area contributed by atoms with Gasteiger partial charge in [-0.3, -0.25) is 0 Å². The van der Waals surface area contributed by atoms with E-state index in [9.17, 15) is 14.0 Å². The van der Waals surface area contributed by atoms with Crippen molar-refractivity contribution in [3.05, 3.63) is 91.0 Å². The average molecular weight is 465 g/mol. The molecule has 0 spiro atoms. The maximum Gasteiger partial charge on any atom is 0.299 e. The summed E-state index contributed by atoms with van der Waals surface area (Å²) in [5, 5.41) is -0.451. The molecule has 0 saturated heterocycles. The van der Waals surface area contributed by atoms with Gasteiger partial charge in [0, 0.05) is 14.7 Å². The Bertz CT molecular complexity index is 875. The standard InChI is InChI=1S/C21H17ClO4S3/c23-22(24,25)26-21(29-18-14-8-3-9-15-18)19(27-16-10-4-1-5-11-16)20(21)28-17-12-6-2-7-13-17/h1-15,19-20H. The number of hydrogen-bond acceptors (Lipinski definition) is 7. The summed E-state index contributed by atoms with van der Waals surface area (Å²) in [7, 11) is -4.58. The van der Waals surface area contributed by atoms with Crippen LogP contribution >= 0.6 is 35.3 Å². The van der Waals surface area contributed by atoms with Gasteiger partial charge in [-0.15, -0.1) is 23.5 Å². The summed E-state index contributed by atoms with van der Waals surface area (Å²) in [6, 6.07) is 28.9. The molecule has 1 aliphatic rings. The van der Waals surface area contributed by atoms with E-state index in [0.29, 0.717) is 0 Å². The molecule has 0 bridgehead atoms. The van der Waals surface area contributed by atoms with Gasteiger partial charge in [0.2, 0.25) is 0 Å². The summed E-state index contributed by atoms with van der Waals surface area (Å²) in [6.07, 6.45) is 0. The second-order valence-electron chi connectivity index (χ2n) is 6.29. The van der Waals surface area contributed by atoms with Crippen molar-refractivity contribution in [2.75, 3.05) is 0 Å². The zero-order chi connectivity index (χ0) is 20.3. The van der Waals surface area contributed by atoms with E-state index < -0.39 is 15.2 Å². The van der Waals surface area contributed by atoms with Crippen LogP contribution in [0.4, 0.5) is 0 Å². The predicted octanol–water partition coefficient (Wildman–Crippen LogP) is 2.72. The molecule has 1 saturated carbocycles. The zero-order valence-electron chi connectivity index (χ0n) is 15.1. The van der Waals surface area contributed by atoms with Gasteiger partial charge in [0.05, 0.1) is 25.0 Å². The molecule has 0 radical (unpaired) electrons. The smallest absolute Gasteiger partial charge is 0.183 e. The molecule has 2 atom stereocenters. The Morgan fingerprint density at radius 1 is 0.621 bits per heavy atom. The third-order valence-corrected chi connectivity index (χ3v) is 9.47. The molecule has 2 unspecified atom stereocenters. The van der Waals surface area contributed by atoms with E-state index in [1.54, 1.807) is 0 Å². The number of benzene rings is 3. The largest absolute Gasteiger partial charge is 0.299 e. The fraction of sp³-hybridized carbons (Fsp3) is 0.143. The van der Waals surface area contributed by atoms with Crippen LogP contribution in [-0.4, -0.2) is 15.4 Å². The minimum absolute atomic E-state index is 0.225. The highest BCUT2D eigenvalue weighted by Crippen LogP contribution is 2.66. The Kier molecular flexibility index (Phi) is 6.48. The molecular weight excluding hydrogens is 448 g/mol. The van der Waals surface area contributed by atoms with E-state index >= 15 is 0 Å². The van der Waals surface area contributed by atoms with Gasteiger partial charge >= 0.3 is 0 Å². The van der Waals surface area contributed by atoms with Crippen LogP contribution in [0.1, 0.15) is 0 Å². The van der Waals surface area contributed by atoms with Crippen LogP contribution in [0, 0.1) is 10.2 Å². The summed E-state index contributed by atoms with van der Waals surface area (Å²) >= 11 is 4.35. The molecule has 0 aliphatic heterocycles. The van der Waals surface area contributed by atoms with E-state index in [1.807, 2.05) is 91.0 Å². The van der Waals surface area contributed by atoms with Crippen molar-refractivity contribution in [3.63, 3.8) is 0 Å². The SMILES string of the molecule is [O-][Cl+3]([O-])([O-])OC1(Sc2ccccc2)C(Sc2ccccc2)C1Sc1ccccc1. The second-order valence-corrected chi connectivity index (χ2v) is 10.9. The minimum atomic E-state index is -4.58. The summed E-state index contributed by atoms with van der Waals surface area (Å²) in [4.78, 5) is 1.65. The quantitative estimate of drug-likeness (QED) is 0.474. The van der Waals surface area contributed by atoms with Crippen LogP contribution in [-0.2, 0) is 4.29 Å². The van der Waals surface area contributed by atoms with Gasteiger partial charge in [0.1, 0.15) is 0 Å². The van der Waals surface area contributed by atoms with Crippen molar-refractivity contribution < 1.29 is 28.5 Å². The number of hydrogen-bond donors (Lipinski definition) is 0. The summed E-state index contributed by atoms with van der Waals surface area (Å²) in [6.45, 7) is 0. The van der Waals surface area contributed by atoms with Gasteiger partial charge in [-0.1, -0.05) is 66.4 Å². The van der Waals surface area contributed by atoms with E-state index in [2.05, 4.69) is 0 Å². The van der Waals surface area contributed by atoms with Crippen molar-refractivity contribution in [3.8, 4) is 0 Å². The van der Waals surface area contributed by atoms with E-state index in [0.717, 1.165) is 14.7 Å². The summed E-state index contributed by atoms with van der Waals surface area (Å²) < 4.78 is 40.1. The molecule has 3 aromatic carbocycles. The Balaban J connectivity index is 1.67. The normalized spacial score (nSPS) is 23.7. The first-order valence-electron chi connectivity index (χ1n) is 8.75.